The van der Waals surface area contributed by atoms with Gasteiger partial charge in [-0.2, -0.15) is 0 Å². The van der Waals surface area contributed by atoms with Crippen molar-refractivity contribution in [1.82, 2.24) is 4.90 Å². The van der Waals surface area contributed by atoms with Crippen molar-refractivity contribution in [3.05, 3.63) is 69.7 Å². The third-order valence-electron chi connectivity index (χ3n) is 6.35. The standard InChI is InChI=1S/C26H32ClF2NO4/c1-2-25(21-6-3-7-23(28)20(21)9-11-26(32)33)34-16-19(31)15-30-12-4-5-18(30)13-17-8-10-22(27)24(29)14-17/h3,6-8,10,14,18-19,25,31H,2,4-5,9,11-13,15-16H2,1H3,(H,32,33)/t18-,19+,25+/m0/s1. The van der Waals surface area contributed by atoms with Gasteiger partial charge in [0.05, 0.1) is 23.8 Å². The highest BCUT2D eigenvalue weighted by Gasteiger charge is 2.27. The summed E-state index contributed by atoms with van der Waals surface area (Å²) in [5.74, 6) is -1.86. The highest BCUT2D eigenvalue weighted by atomic mass is 35.5. The van der Waals surface area contributed by atoms with Crippen LogP contribution < -0.4 is 0 Å². The average molecular weight is 496 g/mol. The van der Waals surface area contributed by atoms with Crippen LogP contribution in [0.2, 0.25) is 5.02 Å². The fourth-order valence-corrected chi connectivity index (χ4v) is 4.77. The summed E-state index contributed by atoms with van der Waals surface area (Å²) in [5.41, 5.74) is 1.84. The second-order valence-electron chi connectivity index (χ2n) is 8.83. The predicted molar refractivity (Wildman–Crippen MR) is 127 cm³/mol. The van der Waals surface area contributed by atoms with E-state index < -0.39 is 29.8 Å². The molecule has 1 fully saturated rings. The number of aliphatic hydroxyl groups is 1. The number of nitrogens with zero attached hydrogens (tertiary/aromatic N) is 1. The van der Waals surface area contributed by atoms with E-state index >= 15 is 0 Å². The Morgan fingerprint density at radius 3 is 2.76 bits per heavy atom. The fraction of sp³-hybridized carbons (Fsp3) is 0.500. The number of hydrogen-bond donors (Lipinski definition) is 2. The van der Waals surface area contributed by atoms with E-state index in [0.717, 1.165) is 24.9 Å². The zero-order valence-corrected chi connectivity index (χ0v) is 20.1. The van der Waals surface area contributed by atoms with Crippen LogP contribution in [-0.2, 0) is 22.4 Å². The van der Waals surface area contributed by atoms with Crippen molar-refractivity contribution in [2.75, 3.05) is 19.7 Å². The Labute approximate surface area is 204 Å². The van der Waals surface area contributed by atoms with Crippen molar-refractivity contribution < 1.29 is 28.5 Å². The summed E-state index contributed by atoms with van der Waals surface area (Å²) >= 11 is 5.78. The molecule has 1 aliphatic heterocycles. The first kappa shape index (κ1) is 26.5. The third kappa shape index (κ3) is 7.22. The van der Waals surface area contributed by atoms with Gasteiger partial charge >= 0.3 is 5.97 Å². The van der Waals surface area contributed by atoms with Gasteiger partial charge in [-0.25, -0.2) is 8.78 Å². The van der Waals surface area contributed by atoms with E-state index in [4.69, 9.17) is 21.4 Å². The minimum absolute atomic E-state index is 0.0756. The third-order valence-corrected chi connectivity index (χ3v) is 6.66. The predicted octanol–water partition coefficient (Wildman–Crippen LogP) is 5.17. The van der Waals surface area contributed by atoms with Gasteiger partial charge in [0.15, 0.2) is 0 Å². The molecule has 0 radical (unpaired) electrons. The molecule has 2 aromatic rings. The Balaban J connectivity index is 1.58. The number of rotatable bonds is 12. The highest BCUT2D eigenvalue weighted by Crippen LogP contribution is 2.28. The van der Waals surface area contributed by atoms with Gasteiger partial charge in [-0.15, -0.1) is 0 Å². The van der Waals surface area contributed by atoms with Gasteiger partial charge in [0, 0.05) is 19.0 Å². The van der Waals surface area contributed by atoms with Gasteiger partial charge in [-0.05, 0) is 73.5 Å². The highest BCUT2D eigenvalue weighted by molar-refractivity contribution is 6.30. The summed E-state index contributed by atoms with van der Waals surface area (Å²) in [6, 6.07) is 9.72. The second-order valence-corrected chi connectivity index (χ2v) is 9.24. The van der Waals surface area contributed by atoms with Crippen LogP contribution in [0, 0.1) is 11.6 Å². The van der Waals surface area contributed by atoms with Crippen molar-refractivity contribution in [1.29, 1.82) is 0 Å². The zero-order valence-electron chi connectivity index (χ0n) is 19.4. The Morgan fingerprint density at radius 1 is 1.26 bits per heavy atom. The van der Waals surface area contributed by atoms with E-state index in [1.54, 1.807) is 18.2 Å². The number of benzene rings is 2. The molecule has 1 saturated heterocycles. The molecular weight excluding hydrogens is 464 g/mol. The summed E-state index contributed by atoms with van der Waals surface area (Å²) in [6.45, 7) is 3.25. The van der Waals surface area contributed by atoms with Crippen LogP contribution in [0.3, 0.4) is 0 Å². The molecule has 186 valence electrons. The molecule has 0 unspecified atom stereocenters. The molecule has 3 atom stereocenters. The Kier molecular flexibility index (Phi) is 9.83. The second kappa shape index (κ2) is 12.6. The largest absolute Gasteiger partial charge is 0.481 e. The quantitative estimate of drug-likeness (QED) is 0.425. The molecule has 2 aromatic carbocycles. The summed E-state index contributed by atoms with van der Waals surface area (Å²) in [5, 5.41) is 19.8. The first-order chi connectivity index (χ1) is 16.3. The van der Waals surface area contributed by atoms with Crippen molar-refractivity contribution >= 4 is 17.6 Å². The lowest BCUT2D eigenvalue weighted by atomic mass is 9.96. The molecular formula is C26H32ClF2NO4. The number of carboxylic acid groups (broad SMARTS) is 1. The van der Waals surface area contributed by atoms with Gasteiger partial charge in [0.25, 0.3) is 0 Å². The van der Waals surface area contributed by atoms with Crippen LogP contribution in [-0.4, -0.2) is 52.9 Å². The van der Waals surface area contributed by atoms with Gasteiger partial charge in [0.1, 0.15) is 11.6 Å². The molecule has 0 bridgehead atoms. The molecule has 3 rings (SSSR count). The summed E-state index contributed by atoms with van der Waals surface area (Å²) in [7, 11) is 0. The molecule has 2 N–H and O–H groups in total. The molecule has 1 heterocycles. The molecule has 5 nitrogen and oxygen atoms in total. The van der Waals surface area contributed by atoms with Gasteiger partial charge < -0.3 is 14.9 Å². The van der Waals surface area contributed by atoms with E-state index in [9.17, 15) is 18.7 Å². The Morgan fingerprint density at radius 2 is 2.06 bits per heavy atom. The van der Waals surface area contributed by atoms with Crippen LogP contribution in [0.4, 0.5) is 8.78 Å². The number of aliphatic hydroxyl groups excluding tert-OH is 1. The maximum atomic E-state index is 14.4. The lowest BCUT2D eigenvalue weighted by Crippen LogP contribution is -2.39. The number of β-amino-alcohol motifs (C(OH)–C–C–N with tert-alkyl or cyclic N) is 1. The lowest BCUT2D eigenvalue weighted by molar-refractivity contribution is -0.136. The molecule has 0 aliphatic carbocycles. The molecule has 34 heavy (non-hydrogen) atoms. The van der Waals surface area contributed by atoms with Gasteiger partial charge in [0.2, 0.25) is 0 Å². The fourth-order valence-electron chi connectivity index (χ4n) is 4.66. The van der Waals surface area contributed by atoms with Gasteiger partial charge in [-0.1, -0.05) is 36.7 Å². The van der Waals surface area contributed by atoms with E-state index in [1.807, 2.05) is 13.0 Å². The summed E-state index contributed by atoms with van der Waals surface area (Å²) < 4.78 is 34.2. The number of hydrogen-bond acceptors (Lipinski definition) is 4. The normalized spacial score (nSPS) is 18.2. The summed E-state index contributed by atoms with van der Waals surface area (Å²) in [4.78, 5) is 13.2. The topological polar surface area (TPSA) is 70.0 Å². The molecule has 1 aliphatic rings. The number of aliphatic carboxylic acids is 1. The Bertz CT molecular complexity index is 974. The number of likely N-dealkylation sites (tertiary alicyclic amines) is 1. The minimum Gasteiger partial charge on any atom is -0.481 e. The SMILES string of the molecule is CC[C@@H](OC[C@H](O)CN1CCC[C@H]1Cc1ccc(Cl)c(F)c1)c1cccc(F)c1CCC(=O)O. The maximum absolute atomic E-state index is 14.4. The maximum Gasteiger partial charge on any atom is 0.303 e. The summed E-state index contributed by atoms with van der Waals surface area (Å²) in [6.07, 6.45) is 1.93. The first-order valence-corrected chi connectivity index (χ1v) is 12.1. The monoisotopic (exact) mass is 495 g/mol. The van der Waals surface area contributed by atoms with Crippen molar-refractivity contribution in [2.45, 2.75) is 63.7 Å². The molecule has 0 aromatic heterocycles. The van der Waals surface area contributed by atoms with Gasteiger partial charge in [-0.3, -0.25) is 9.69 Å². The number of halogens is 3. The van der Waals surface area contributed by atoms with Crippen LogP contribution in [0.1, 0.15) is 55.4 Å². The van der Waals surface area contributed by atoms with E-state index in [-0.39, 0.29) is 30.5 Å². The van der Waals surface area contributed by atoms with E-state index in [2.05, 4.69) is 4.90 Å². The molecule has 0 spiro atoms. The molecule has 8 heteroatoms. The Hall–Kier alpha value is -2.06. The number of carbonyl (C=O) groups is 1. The van der Waals surface area contributed by atoms with Crippen molar-refractivity contribution in [3.63, 3.8) is 0 Å². The van der Waals surface area contributed by atoms with E-state index in [1.165, 1.54) is 12.1 Å². The van der Waals surface area contributed by atoms with Crippen LogP contribution in [0.15, 0.2) is 36.4 Å². The zero-order chi connectivity index (χ0) is 24.7. The first-order valence-electron chi connectivity index (χ1n) is 11.7. The van der Waals surface area contributed by atoms with Crippen molar-refractivity contribution in [3.8, 4) is 0 Å². The van der Waals surface area contributed by atoms with E-state index in [0.29, 0.717) is 30.5 Å². The lowest BCUT2D eigenvalue weighted by Gasteiger charge is -2.28. The smallest absolute Gasteiger partial charge is 0.303 e. The minimum atomic E-state index is -0.986. The van der Waals surface area contributed by atoms with Crippen molar-refractivity contribution in [2.24, 2.45) is 0 Å². The average Bonchev–Trinajstić information content (AvgIpc) is 3.22. The van der Waals surface area contributed by atoms with Crippen LogP contribution >= 0.6 is 11.6 Å². The van der Waals surface area contributed by atoms with Crippen LogP contribution in [0.5, 0.6) is 0 Å². The molecule has 0 saturated carbocycles. The number of carboxylic acids is 1. The molecule has 0 amide bonds. The van der Waals surface area contributed by atoms with Crippen LogP contribution in [0.25, 0.3) is 0 Å². The number of ether oxygens (including phenoxy) is 1.